The lowest BCUT2D eigenvalue weighted by atomic mass is 10.1. The van der Waals surface area contributed by atoms with Crippen molar-refractivity contribution >= 4 is 56.7 Å². The molecule has 0 unspecified atom stereocenters. The van der Waals surface area contributed by atoms with Crippen molar-refractivity contribution in [2.45, 2.75) is 20.3 Å². The molecule has 3 nitrogen and oxygen atoms in total. The van der Waals surface area contributed by atoms with Crippen molar-refractivity contribution in [1.82, 2.24) is 0 Å². The van der Waals surface area contributed by atoms with Crippen LogP contribution in [0.1, 0.15) is 29.8 Å². The smallest absolute Gasteiger partial charge is 0.159 e. The number of rotatable bonds is 4. The van der Waals surface area contributed by atoms with Crippen LogP contribution in [0.3, 0.4) is 0 Å². The second-order valence-electron chi connectivity index (χ2n) is 4.64. The second-order valence-corrected chi connectivity index (χ2v) is 6.97. The summed E-state index contributed by atoms with van der Waals surface area (Å²) in [5.41, 5.74) is 8.54. The summed E-state index contributed by atoms with van der Waals surface area (Å²) in [5, 5.41) is 0. The molecule has 21 heavy (non-hydrogen) atoms. The summed E-state index contributed by atoms with van der Waals surface area (Å²) in [7, 11) is 0. The third-order valence-electron chi connectivity index (χ3n) is 3.12. The van der Waals surface area contributed by atoms with E-state index in [1.165, 1.54) is 0 Å². The van der Waals surface area contributed by atoms with E-state index in [4.69, 9.17) is 10.5 Å². The fourth-order valence-electron chi connectivity index (χ4n) is 1.94. The fraction of sp³-hybridized carbons (Fsp3) is 0.188. The number of ketones is 1. The van der Waals surface area contributed by atoms with Gasteiger partial charge < -0.3 is 10.5 Å². The number of hydrogen-bond acceptors (Lipinski definition) is 3. The van der Waals surface area contributed by atoms with Crippen molar-refractivity contribution in [3.8, 4) is 11.5 Å². The normalized spacial score (nSPS) is 10.5. The molecule has 0 saturated carbocycles. The van der Waals surface area contributed by atoms with Crippen LogP contribution in [0.25, 0.3) is 0 Å². The predicted molar refractivity (Wildman–Crippen MR) is 102 cm³/mol. The van der Waals surface area contributed by atoms with Crippen LogP contribution in [0.15, 0.2) is 30.3 Å². The Morgan fingerprint density at radius 1 is 1.19 bits per heavy atom. The molecule has 110 valence electrons. The molecule has 0 radical (unpaired) electrons. The molecule has 0 fully saturated rings. The molecule has 0 aliphatic carbocycles. The molecule has 0 aliphatic heterocycles. The summed E-state index contributed by atoms with van der Waals surface area (Å²) in [6.07, 6.45) is 0.897. The van der Waals surface area contributed by atoms with Gasteiger partial charge in [0.1, 0.15) is 5.75 Å². The van der Waals surface area contributed by atoms with Gasteiger partial charge in [-0.25, -0.2) is 0 Å². The minimum Gasteiger partial charge on any atom is -0.455 e. The van der Waals surface area contributed by atoms with Crippen molar-refractivity contribution in [2.24, 2.45) is 0 Å². The maximum Gasteiger partial charge on any atom is 0.159 e. The Labute approximate surface area is 151 Å². The Morgan fingerprint density at radius 3 is 2.29 bits per heavy atom. The number of carbonyl (C=O) groups excluding carboxylic acids is 1. The Morgan fingerprint density at radius 2 is 1.81 bits per heavy atom. The highest BCUT2D eigenvalue weighted by atomic mass is 127. The van der Waals surface area contributed by atoms with E-state index in [0.29, 0.717) is 11.3 Å². The molecular weight excluding hydrogens is 492 g/mol. The Kier molecular flexibility index (Phi) is 5.48. The van der Waals surface area contributed by atoms with E-state index in [1.54, 1.807) is 6.92 Å². The first kappa shape index (κ1) is 16.5. The molecule has 2 N–H and O–H groups in total. The highest BCUT2D eigenvalue weighted by Gasteiger charge is 2.12. The molecule has 0 aliphatic rings. The van der Waals surface area contributed by atoms with E-state index in [1.807, 2.05) is 30.3 Å². The van der Waals surface area contributed by atoms with Gasteiger partial charge in [0.25, 0.3) is 0 Å². The van der Waals surface area contributed by atoms with Crippen molar-refractivity contribution < 1.29 is 9.53 Å². The van der Waals surface area contributed by atoms with Crippen LogP contribution in [0.5, 0.6) is 11.5 Å². The first-order valence-electron chi connectivity index (χ1n) is 6.48. The molecule has 0 bridgehead atoms. The van der Waals surface area contributed by atoms with E-state index in [2.05, 4.69) is 52.1 Å². The number of hydrogen-bond donors (Lipinski definition) is 1. The standard InChI is InChI=1S/C16H15I2NO2/c1-3-10-4-5-12(8-15(10)19)21-16-13(17)6-11(9(2)20)7-14(16)18/h4-8H,3,19H2,1-2H3. The number of nitrogens with two attached hydrogens (primary N) is 1. The van der Waals surface area contributed by atoms with Crippen molar-refractivity contribution in [1.29, 1.82) is 0 Å². The van der Waals surface area contributed by atoms with Crippen LogP contribution in [0.2, 0.25) is 0 Å². The number of ether oxygens (including phenoxy) is 1. The number of halogens is 2. The van der Waals surface area contributed by atoms with Gasteiger partial charge in [0, 0.05) is 17.3 Å². The SMILES string of the molecule is CCc1ccc(Oc2c(I)cc(C(C)=O)cc2I)cc1N. The highest BCUT2D eigenvalue weighted by Crippen LogP contribution is 2.34. The average molecular weight is 507 g/mol. The van der Waals surface area contributed by atoms with Gasteiger partial charge >= 0.3 is 0 Å². The van der Waals surface area contributed by atoms with Crippen LogP contribution in [-0.4, -0.2) is 5.78 Å². The highest BCUT2D eigenvalue weighted by molar-refractivity contribution is 14.1. The van der Waals surface area contributed by atoms with E-state index in [-0.39, 0.29) is 5.78 Å². The van der Waals surface area contributed by atoms with Gasteiger partial charge in [-0.2, -0.15) is 0 Å². The van der Waals surface area contributed by atoms with Crippen molar-refractivity contribution in [3.63, 3.8) is 0 Å². The molecule has 0 amide bonds. The molecule has 0 saturated heterocycles. The molecule has 0 atom stereocenters. The van der Waals surface area contributed by atoms with Gasteiger partial charge in [0.05, 0.1) is 7.14 Å². The maximum atomic E-state index is 11.5. The van der Waals surface area contributed by atoms with Crippen LogP contribution in [0.4, 0.5) is 5.69 Å². The number of Topliss-reactive ketones (excluding diaryl/α,β-unsaturated/α-hetero) is 1. The van der Waals surface area contributed by atoms with Gasteiger partial charge in [-0.15, -0.1) is 0 Å². The quantitative estimate of drug-likeness (QED) is 0.359. The minimum absolute atomic E-state index is 0.0499. The van der Waals surface area contributed by atoms with Crippen LogP contribution in [0, 0.1) is 7.14 Å². The average Bonchev–Trinajstić information content (AvgIpc) is 2.42. The lowest BCUT2D eigenvalue weighted by Gasteiger charge is -2.13. The zero-order valence-corrected chi connectivity index (χ0v) is 16.1. The third kappa shape index (κ3) is 3.88. The lowest BCUT2D eigenvalue weighted by Crippen LogP contribution is -1.99. The topological polar surface area (TPSA) is 52.3 Å². The summed E-state index contributed by atoms with van der Waals surface area (Å²) < 4.78 is 7.76. The molecule has 2 aromatic carbocycles. The van der Waals surface area contributed by atoms with Gasteiger partial charge in [-0.3, -0.25) is 4.79 Å². The number of anilines is 1. The van der Waals surface area contributed by atoms with Gasteiger partial charge in [0.15, 0.2) is 11.5 Å². The molecule has 0 aromatic heterocycles. The van der Waals surface area contributed by atoms with E-state index >= 15 is 0 Å². The zero-order chi connectivity index (χ0) is 15.6. The van der Waals surface area contributed by atoms with E-state index < -0.39 is 0 Å². The molecule has 2 aromatic rings. The molecular formula is C16H15I2NO2. The Balaban J connectivity index is 2.35. The largest absolute Gasteiger partial charge is 0.455 e. The monoisotopic (exact) mass is 507 g/mol. The minimum atomic E-state index is 0.0499. The Hall–Kier alpha value is -0.830. The summed E-state index contributed by atoms with van der Waals surface area (Å²) >= 11 is 4.36. The van der Waals surface area contributed by atoms with Crippen molar-refractivity contribution in [2.75, 3.05) is 5.73 Å². The third-order valence-corrected chi connectivity index (χ3v) is 4.73. The zero-order valence-electron chi connectivity index (χ0n) is 11.7. The molecule has 2 rings (SSSR count). The van der Waals surface area contributed by atoms with Gasteiger partial charge in [0.2, 0.25) is 0 Å². The predicted octanol–water partition coefficient (Wildman–Crippen LogP) is 5.04. The maximum absolute atomic E-state index is 11.5. The number of benzene rings is 2. The molecule has 0 spiro atoms. The number of aryl methyl sites for hydroxylation is 1. The van der Waals surface area contributed by atoms with E-state index in [9.17, 15) is 4.79 Å². The lowest BCUT2D eigenvalue weighted by molar-refractivity contribution is 0.101. The van der Waals surface area contributed by atoms with Crippen molar-refractivity contribution in [3.05, 3.63) is 48.6 Å². The fourth-order valence-corrected chi connectivity index (χ4v) is 3.93. The van der Waals surface area contributed by atoms with Gasteiger partial charge in [-0.1, -0.05) is 13.0 Å². The summed E-state index contributed by atoms with van der Waals surface area (Å²) in [4.78, 5) is 11.5. The van der Waals surface area contributed by atoms with Crippen LogP contribution in [-0.2, 0) is 6.42 Å². The number of nitrogen functional groups attached to an aromatic ring is 1. The second kappa shape index (κ2) is 6.95. The first-order chi connectivity index (χ1) is 9.92. The summed E-state index contributed by atoms with van der Waals surface area (Å²) in [5.74, 6) is 1.51. The van der Waals surface area contributed by atoms with Crippen LogP contribution < -0.4 is 10.5 Å². The molecule has 5 heteroatoms. The van der Waals surface area contributed by atoms with Crippen LogP contribution >= 0.6 is 45.2 Å². The van der Waals surface area contributed by atoms with E-state index in [0.717, 1.165) is 30.6 Å². The summed E-state index contributed by atoms with van der Waals surface area (Å²) in [6, 6.07) is 9.41. The number of carbonyl (C=O) groups is 1. The Bertz CT molecular complexity index is 676. The first-order valence-corrected chi connectivity index (χ1v) is 8.64. The van der Waals surface area contributed by atoms with Gasteiger partial charge in [-0.05, 0) is 82.3 Å². The molecule has 0 heterocycles. The summed E-state index contributed by atoms with van der Waals surface area (Å²) in [6.45, 7) is 3.63.